The summed E-state index contributed by atoms with van der Waals surface area (Å²) in [6.07, 6.45) is 0. The van der Waals surface area contributed by atoms with Gasteiger partial charge in [0.25, 0.3) is 0 Å². The van der Waals surface area contributed by atoms with Gasteiger partial charge >= 0.3 is 39.2 Å². The Morgan fingerprint density at radius 1 is 1.00 bits per heavy atom. The second-order valence-corrected chi connectivity index (χ2v) is 1.20. The maximum atomic E-state index is 9.24. The van der Waals surface area contributed by atoms with E-state index in [4.69, 9.17) is 10.2 Å². The first-order valence-corrected chi connectivity index (χ1v) is 2.38. The number of rotatable bonds is 2. The average molecular weight is 359 g/mol. The molecule has 0 rings (SSSR count). The van der Waals surface area contributed by atoms with Gasteiger partial charge in [-0.3, -0.25) is 9.59 Å². The molecular weight excluding hydrogens is 347 g/mol. The second kappa shape index (κ2) is 12.5. The van der Waals surface area contributed by atoms with E-state index in [1.54, 1.807) is 0 Å². The third kappa shape index (κ3) is 41.4. The van der Waals surface area contributed by atoms with Crippen LogP contribution >= 0.6 is 0 Å². The fraction of sp³-hybridized carbons (Fsp3) is 0.500. The van der Waals surface area contributed by atoms with Gasteiger partial charge in [0.05, 0.1) is 13.1 Å². The standard InChI is InChI=1S/2C2H5NO2.Pb.2H/c2*3-1-2(4)5;;;/h2*1,3H2,(H,4,5);;;. The van der Waals surface area contributed by atoms with Crippen molar-refractivity contribution < 1.29 is 19.8 Å². The van der Waals surface area contributed by atoms with Gasteiger partial charge in [0.1, 0.15) is 0 Å². The van der Waals surface area contributed by atoms with E-state index in [9.17, 15) is 9.59 Å². The number of aliphatic carboxylic acids is 2. The molecule has 0 bridgehead atoms. The van der Waals surface area contributed by atoms with Crippen LogP contribution in [-0.4, -0.2) is 62.5 Å². The molecule has 66 valence electrons. The van der Waals surface area contributed by atoms with Gasteiger partial charge < -0.3 is 21.7 Å². The quantitative estimate of drug-likeness (QED) is 0.393. The first-order chi connectivity index (χ1) is 4.54. The normalized spacial score (nSPS) is 6.73. The van der Waals surface area contributed by atoms with Crippen LogP contribution in [0.4, 0.5) is 0 Å². The van der Waals surface area contributed by atoms with E-state index in [1.807, 2.05) is 0 Å². The molecule has 0 spiro atoms. The van der Waals surface area contributed by atoms with E-state index >= 15 is 0 Å². The molecule has 0 aliphatic rings. The van der Waals surface area contributed by atoms with Crippen molar-refractivity contribution in [3.8, 4) is 0 Å². The number of nitrogens with two attached hydrogens (primary N) is 2. The van der Waals surface area contributed by atoms with Crippen molar-refractivity contribution in [3.63, 3.8) is 0 Å². The Morgan fingerprint density at radius 3 is 1.09 bits per heavy atom. The SMILES string of the molecule is NCC(=O)O.NCC(=O)O.[PbH2]. The monoisotopic (exact) mass is 360 g/mol. The molecule has 0 aromatic rings. The zero-order valence-electron chi connectivity index (χ0n) is 5.99. The molecule has 2 radical (unpaired) electrons. The predicted molar refractivity (Wildman–Crippen MR) is 41.9 cm³/mol. The average Bonchev–Trinajstić information content (AvgIpc) is 1.89. The molecule has 0 aliphatic heterocycles. The van der Waals surface area contributed by atoms with E-state index in [1.165, 1.54) is 0 Å². The Bertz CT molecular complexity index is 105. The number of carboxylic acids is 2. The van der Waals surface area contributed by atoms with Gasteiger partial charge in [-0.1, -0.05) is 0 Å². The first kappa shape index (κ1) is 17.0. The van der Waals surface area contributed by atoms with Crippen LogP contribution in [0.15, 0.2) is 0 Å². The molecule has 6 N–H and O–H groups in total. The molecule has 0 amide bonds. The molecule has 0 fully saturated rings. The van der Waals surface area contributed by atoms with E-state index in [0.29, 0.717) is 0 Å². The van der Waals surface area contributed by atoms with Crippen molar-refractivity contribution in [1.29, 1.82) is 0 Å². The molecule has 6 nitrogen and oxygen atoms in total. The first-order valence-electron chi connectivity index (χ1n) is 2.38. The van der Waals surface area contributed by atoms with Crippen LogP contribution < -0.4 is 11.5 Å². The van der Waals surface area contributed by atoms with Gasteiger partial charge in [0.15, 0.2) is 0 Å². The van der Waals surface area contributed by atoms with Crippen LogP contribution in [-0.2, 0) is 9.59 Å². The zero-order chi connectivity index (χ0) is 8.57. The number of carboxylic acid groups (broad SMARTS) is 2. The molecule has 0 aromatic heterocycles. The summed E-state index contributed by atoms with van der Waals surface area (Å²) in [6, 6.07) is 0. The topological polar surface area (TPSA) is 127 Å². The van der Waals surface area contributed by atoms with Gasteiger partial charge in [-0.2, -0.15) is 0 Å². The third-order valence-corrected chi connectivity index (χ3v) is 0.349. The second-order valence-electron chi connectivity index (χ2n) is 1.20. The minimum atomic E-state index is -0.968. The van der Waals surface area contributed by atoms with E-state index in [2.05, 4.69) is 11.5 Å². The van der Waals surface area contributed by atoms with Crippen molar-refractivity contribution in [2.45, 2.75) is 0 Å². The fourth-order valence-corrected chi connectivity index (χ4v) is 0. The summed E-state index contributed by atoms with van der Waals surface area (Å²) in [7, 11) is 0. The summed E-state index contributed by atoms with van der Waals surface area (Å²) in [6.45, 7) is -0.556. The third-order valence-electron chi connectivity index (χ3n) is 0.349. The number of hydrogen-bond donors (Lipinski definition) is 4. The summed E-state index contributed by atoms with van der Waals surface area (Å²) in [5.74, 6) is -1.94. The van der Waals surface area contributed by atoms with E-state index in [0.717, 1.165) is 0 Å². The van der Waals surface area contributed by atoms with Gasteiger partial charge in [0.2, 0.25) is 0 Å². The Hall–Kier alpha value is -0.218. The fourth-order valence-electron chi connectivity index (χ4n) is 0. The Morgan fingerprint density at radius 2 is 1.09 bits per heavy atom. The van der Waals surface area contributed by atoms with Gasteiger partial charge in [-0.05, 0) is 0 Å². The van der Waals surface area contributed by atoms with Crippen LogP contribution in [0.5, 0.6) is 0 Å². The number of carbonyl (C=O) groups is 2. The summed E-state index contributed by atoms with van der Waals surface area (Å²) >= 11 is 0. The van der Waals surface area contributed by atoms with Crippen LogP contribution in [0.25, 0.3) is 0 Å². The van der Waals surface area contributed by atoms with E-state index < -0.39 is 11.9 Å². The zero-order valence-corrected chi connectivity index (χ0v) is 11.5. The van der Waals surface area contributed by atoms with Crippen molar-refractivity contribution in [3.05, 3.63) is 0 Å². The van der Waals surface area contributed by atoms with Crippen molar-refractivity contribution in [1.82, 2.24) is 0 Å². The van der Waals surface area contributed by atoms with Gasteiger partial charge in [-0.25, -0.2) is 0 Å². The van der Waals surface area contributed by atoms with Crippen molar-refractivity contribution in [2.75, 3.05) is 13.1 Å². The Balaban J connectivity index is -0.000000107. The molecule has 0 aliphatic carbocycles. The van der Waals surface area contributed by atoms with Gasteiger partial charge in [-0.15, -0.1) is 0 Å². The molecule has 0 aromatic carbocycles. The van der Waals surface area contributed by atoms with Crippen molar-refractivity contribution >= 4 is 39.2 Å². The molecule has 0 saturated carbocycles. The van der Waals surface area contributed by atoms with Crippen LogP contribution in [0.3, 0.4) is 0 Å². The minimum absolute atomic E-state index is 0. The molecule has 0 unspecified atom stereocenters. The van der Waals surface area contributed by atoms with Crippen LogP contribution in [0, 0.1) is 0 Å². The number of hydrogen-bond acceptors (Lipinski definition) is 4. The molecule has 11 heavy (non-hydrogen) atoms. The van der Waals surface area contributed by atoms with E-state index in [-0.39, 0.29) is 40.4 Å². The van der Waals surface area contributed by atoms with Crippen LogP contribution in [0.2, 0.25) is 0 Å². The molecule has 0 saturated heterocycles. The van der Waals surface area contributed by atoms with Gasteiger partial charge in [0, 0.05) is 0 Å². The summed E-state index contributed by atoms with van der Waals surface area (Å²) in [5, 5.41) is 15.2. The molecule has 7 heteroatoms. The molecule has 0 atom stereocenters. The summed E-state index contributed by atoms with van der Waals surface area (Å²) in [4.78, 5) is 18.5. The summed E-state index contributed by atoms with van der Waals surface area (Å²) < 4.78 is 0. The van der Waals surface area contributed by atoms with Crippen LogP contribution in [0.1, 0.15) is 0 Å². The molecular formula is C4H12N2O4Pb. The maximum absolute atomic E-state index is 9.24. The van der Waals surface area contributed by atoms with Crippen molar-refractivity contribution in [2.24, 2.45) is 11.5 Å². The summed E-state index contributed by atoms with van der Waals surface area (Å²) in [5.41, 5.74) is 9.14. The molecule has 0 heterocycles. The Kier molecular flexibility index (Phi) is 19.3. The Labute approximate surface area is 83.7 Å². The predicted octanol–water partition coefficient (Wildman–Crippen LogP) is -2.86.